The van der Waals surface area contributed by atoms with Gasteiger partial charge in [-0.15, -0.1) is 0 Å². The molecule has 0 saturated carbocycles. The van der Waals surface area contributed by atoms with Crippen molar-refractivity contribution in [1.29, 1.82) is 0 Å². The lowest BCUT2D eigenvalue weighted by Crippen LogP contribution is -2.17. The summed E-state index contributed by atoms with van der Waals surface area (Å²) >= 11 is 0. The van der Waals surface area contributed by atoms with Crippen LogP contribution in [-0.2, 0) is 11.2 Å². The van der Waals surface area contributed by atoms with E-state index in [9.17, 15) is 4.79 Å². The molecule has 0 radical (unpaired) electrons. The third kappa shape index (κ3) is 3.78. The van der Waals surface area contributed by atoms with Crippen LogP contribution >= 0.6 is 0 Å². The van der Waals surface area contributed by atoms with Gasteiger partial charge in [-0.3, -0.25) is 5.21 Å². The zero-order valence-electron chi connectivity index (χ0n) is 8.05. The monoisotopic (exact) mass is 208 g/mol. The van der Waals surface area contributed by atoms with Crippen LogP contribution in [0.1, 0.15) is 12.0 Å². The second-order valence-electron chi connectivity index (χ2n) is 2.95. The van der Waals surface area contributed by atoms with Gasteiger partial charge in [-0.05, 0) is 12.0 Å². The van der Waals surface area contributed by atoms with Gasteiger partial charge in [0.05, 0.1) is 0 Å². The molecule has 0 bridgehead atoms. The number of nitrogens with one attached hydrogen (secondary N) is 1. The van der Waals surface area contributed by atoms with Gasteiger partial charge in [-0.1, -0.05) is 30.3 Å². The highest BCUT2D eigenvalue weighted by molar-refractivity contribution is 6.35. The second-order valence-corrected chi connectivity index (χ2v) is 2.95. The van der Waals surface area contributed by atoms with E-state index < -0.39 is 5.97 Å². The van der Waals surface area contributed by atoms with Gasteiger partial charge in [0.15, 0.2) is 0 Å². The van der Waals surface area contributed by atoms with Crippen LogP contribution in [0.5, 0.6) is 0 Å². The maximum Gasteiger partial charge on any atom is 0.352 e. The number of carboxylic acid groups (broad SMARTS) is 1. The molecule has 1 rings (SSSR count). The summed E-state index contributed by atoms with van der Waals surface area (Å²) in [5, 5.41) is 20.2. The fourth-order valence-electron chi connectivity index (χ4n) is 1.18. The number of aliphatic carboxylic acids is 1. The van der Waals surface area contributed by atoms with E-state index in [2.05, 4.69) is 5.10 Å². The minimum absolute atomic E-state index is 0.0960. The van der Waals surface area contributed by atoms with E-state index >= 15 is 0 Å². The Labute approximate surface area is 87.0 Å². The number of carboxylic acids is 1. The summed E-state index contributed by atoms with van der Waals surface area (Å²) in [6.45, 7) is 0. The fraction of sp³-hybridized carbons (Fsp3) is 0.200. The number of aryl methyl sites for hydroxylation is 1. The van der Waals surface area contributed by atoms with Crippen molar-refractivity contribution >= 4 is 11.7 Å². The molecule has 0 aliphatic rings. The minimum atomic E-state index is -1.13. The van der Waals surface area contributed by atoms with Crippen molar-refractivity contribution in [2.45, 2.75) is 12.8 Å². The van der Waals surface area contributed by atoms with Crippen molar-refractivity contribution in [3.63, 3.8) is 0 Å². The molecule has 0 fully saturated rings. The van der Waals surface area contributed by atoms with Gasteiger partial charge in [-0.25, -0.2) is 4.79 Å². The number of hydrazone groups is 1. The first-order chi connectivity index (χ1) is 7.24. The van der Waals surface area contributed by atoms with Crippen LogP contribution in [0, 0.1) is 0 Å². The normalized spacial score (nSPS) is 11.1. The molecule has 1 aromatic rings. The molecule has 0 amide bonds. The fourth-order valence-corrected chi connectivity index (χ4v) is 1.18. The summed E-state index contributed by atoms with van der Waals surface area (Å²) in [4.78, 5) is 10.6. The number of hydrogen-bond donors (Lipinski definition) is 3. The Kier molecular flexibility index (Phi) is 4.30. The molecule has 0 spiro atoms. The molecule has 1 aromatic carbocycles. The van der Waals surface area contributed by atoms with Gasteiger partial charge in [0.1, 0.15) is 5.71 Å². The molecule has 0 aromatic heterocycles. The first-order valence-electron chi connectivity index (χ1n) is 4.47. The summed E-state index contributed by atoms with van der Waals surface area (Å²) in [6, 6.07) is 9.48. The molecule has 15 heavy (non-hydrogen) atoms. The standard InChI is InChI=1S/C10H12N2O3/c13-10(14)9(11-12-15)7-6-8-4-2-1-3-5-8/h1-5,12,15H,6-7H2,(H,13,14). The molecule has 0 heterocycles. The average molecular weight is 208 g/mol. The Morgan fingerprint density at radius 2 is 2.00 bits per heavy atom. The van der Waals surface area contributed by atoms with Crippen LogP contribution in [0.4, 0.5) is 0 Å². The number of nitrogens with zero attached hydrogens (tertiary/aromatic N) is 1. The van der Waals surface area contributed by atoms with Crippen LogP contribution in [0.2, 0.25) is 0 Å². The quantitative estimate of drug-likeness (QED) is 0.498. The third-order valence-electron chi connectivity index (χ3n) is 1.93. The van der Waals surface area contributed by atoms with Crippen molar-refractivity contribution in [3.05, 3.63) is 35.9 Å². The SMILES string of the molecule is O=C(O)C(CCc1ccccc1)=NNO. The van der Waals surface area contributed by atoms with Crippen molar-refractivity contribution in [2.75, 3.05) is 0 Å². The van der Waals surface area contributed by atoms with Gasteiger partial charge >= 0.3 is 5.97 Å². The number of rotatable bonds is 5. The molecule has 80 valence electrons. The highest BCUT2D eigenvalue weighted by Gasteiger charge is 2.09. The topological polar surface area (TPSA) is 81.9 Å². The minimum Gasteiger partial charge on any atom is -0.477 e. The lowest BCUT2D eigenvalue weighted by atomic mass is 10.1. The Morgan fingerprint density at radius 3 is 2.53 bits per heavy atom. The molecule has 3 N–H and O–H groups in total. The van der Waals surface area contributed by atoms with E-state index in [1.807, 2.05) is 30.3 Å². The van der Waals surface area contributed by atoms with E-state index in [4.69, 9.17) is 10.3 Å². The van der Waals surface area contributed by atoms with Crippen molar-refractivity contribution in [1.82, 2.24) is 5.59 Å². The average Bonchev–Trinajstić information content (AvgIpc) is 2.25. The lowest BCUT2D eigenvalue weighted by molar-refractivity contribution is -0.129. The lowest BCUT2D eigenvalue weighted by Gasteiger charge is -2.01. The van der Waals surface area contributed by atoms with Crippen LogP contribution in [-0.4, -0.2) is 22.0 Å². The van der Waals surface area contributed by atoms with E-state index in [1.165, 1.54) is 5.59 Å². The molecule has 0 atom stereocenters. The smallest absolute Gasteiger partial charge is 0.352 e. The number of benzene rings is 1. The van der Waals surface area contributed by atoms with Crippen LogP contribution in [0.3, 0.4) is 0 Å². The number of carbonyl (C=O) groups is 1. The van der Waals surface area contributed by atoms with Crippen molar-refractivity contribution in [2.24, 2.45) is 5.10 Å². The Hall–Kier alpha value is -1.88. The van der Waals surface area contributed by atoms with Gasteiger partial charge in [0, 0.05) is 6.42 Å². The van der Waals surface area contributed by atoms with Crippen molar-refractivity contribution < 1.29 is 15.1 Å². The first kappa shape index (κ1) is 11.2. The number of hydrogen-bond acceptors (Lipinski definition) is 4. The summed E-state index contributed by atoms with van der Waals surface area (Å²) in [7, 11) is 0. The Balaban J connectivity index is 2.55. The summed E-state index contributed by atoms with van der Waals surface area (Å²) in [6.07, 6.45) is 0.848. The van der Waals surface area contributed by atoms with Crippen LogP contribution in [0.15, 0.2) is 35.4 Å². The second kappa shape index (κ2) is 5.77. The molecule has 5 nitrogen and oxygen atoms in total. The van der Waals surface area contributed by atoms with Gasteiger partial charge in [-0.2, -0.15) is 10.7 Å². The Bertz CT molecular complexity index is 349. The molecule has 0 unspecified atom stereocenters. The van der Waals surface area contributed by atoms with E-state index in [1.54, 1.807) is 0 Å². The third-order valence-corrected chi connectivity index (χ3v) is 1.93. The highest BCUT2D eigenvalue weighted by Crippen LogP contribution is 2.03. The summed E-state index contributed by atoms with van der Waals surface area (Å²) in [5.74, 6) is -1.13. The van der Waals surface area contributed by atoms with Crippen molar-refractivity contribution in [3.8, 4) is 0 Å². The predicted molar refractivity (Wildman–Crippen MR) is 54.8 cm³/mol. The van der Waals surface area contributed by atoms with Gasteiger partial charge in [0.2, 0.25) is 0 Å². The maximum absolute atomic E-state index is 10.6. The molecular weight excluding hydrogens is 196 g/mol. The first-order valence-corrected chi connectivity index (χ1v) is 4.47. The molecule has 0 aliphatic carbocycles. The molecule has 0 saturated heterocycles. The molecular formula is C10H12N2O3. The maximum atomic E-state index is 10.6. The zero-order chi connectivity index (χ0) is 11.1. The van der Waals surface area contributed by atoms with Gasteiger partial charge < -0.3 is 5.11 Å². The predicted octanol–water partition coefficient (Wildman–Crippen LogP) is 1.04. The van der Waals surface area contributed by atoms with Gasteiger partial charge in [0.25, 0.3) is 0 Å². The Morgan fingerprint density at radius 1 is 1.33 bits per heavy atom. The van der Waals surface area contributed by atoms with E-state index in [0.717, 1.165) is 5.56 Å². The summed E-state index contributed by atoms with van der Waals surface area (Å²) < 4.78 is 0. The molecule has 0 aliphatic heterocycles. The van der Waals surface area contributed by atoms with Crippen LogP contribution in [0.25, 0.3) is 0 Å². The zero-order valence-corrected chi connectivity index (χ0v) is 8.05. The largest absolute Gasteiger partial charge is 0.477 e. The highest BCUT2D eigenvalue weighted by atomic mass is 16.5. The van der Waals surface area contributed by atoms with E-state index in [-0.39, 0.29) is 12.1 Å². The van der Waals surface area contributed by atoms with Crippen LogP contribution < -0.4 is 5.59 Å². The molecule has 5 heteroatoms. The summed E-state index contributed by atoms with van der Waals surface area (Å²) in [5.41, 5.74) is 2.43. The van der Waals surface area contributed by atoms with E-state index in [0.29, 0.717) is 6.42 Å².